The molecule has 2 nitrogen and oxygen atoms in total. The average molecular weight is 308 g/mol. The fourth-order valence-corrected chi connectivity index (χ4v) is 6.13. The van der Waals surface area contributed by atoms with E-state index in [0.717, 1.165) is 32.6 Å². The first-order valence-corrected chi connectivity index (χ1v) is 9.42. The van der Waals surface area contributed by atoms with Gasteiger partial charge in [0.15, 0.2) is 9.84 Å². The van der Waals surface area contributed by atoms with E-state index in [4.69, 9.17) is 0 Å². The van der Waals surface area contributed by atoms with Crippen molar-refractivity contribution in [1.29, 1.82) is 0 Å². The van der Waals surface area contributed by atoms with Crippen molar-refractivity contribution in [2.75, 3.05) is 0 Å². The molecule has 2 saturated carbocycles. The number of alkyl halides is 2. The van der Waals surface area contributed by atoms with E-state index in [0.29, 0.717) is 31.6 Å². The Kier molecular flexibility index (Phi) is 4.77. The molecule has 0 saturated heterocycles. The Morgan fingerprint density at radius 1 is 0.850 bits per heavy atom. The second-order valence-electron chi connectivity index (χ2n) is 6.90. The van der Waals surface area contributed by atoms with Crippen molar-refractivity contribution in [2.45, 2.75) is 81.6 Å². The Balaban J connectivity index is 1.95. The molecule has 5 heteroatoms. The molecule has 0 aromatic rings. The van der Waals surface area contributed by atoms with Crippen molar-refractivity contribution >= 4 is 9.84 Å². The lowest BCUT2D eigenvalue weighted by atomic mass is 9.85. The molecule has 0 aromatic carbocycles. The number of halogens is 2. The maximum Gasteiger partial charge on any atom is 0.248 e. The summed E-state index contributed by atoms with van der Waals surface area (Å²) in [6.45, 7) is 3.12. The SMILES string of the molecule is CC1CCC(S(=O)(=O)C2CCC(C(C)(F)F)CC2)CC1. The molecule has 2 rings (SSSR count). The molecule has 20 heavy (non-hydrogen) atoms. The molecule has 118 valence electrons. The van der Waals surface area contributed by atoms with Crippen LogP contribution in [0.5, 0.6) is 0 Å². The molecule has 0 unspecified atom stereocenters. The molecule has 0 radical (unpaired) electrons. The Hall–Kier alpha value is -0.190. The lowest BCUT2D eigenvalue weighted by molar-refractivity contribution is -0.0525. The molecule has 2 aliphatic carbocycles. The van der Waals surface area contributed by atoms with Gasteiger partial charge in [0.1, 0.15) is 0 Å². The van der Waals surface area contributed by atoms with E-state index >= 15 is 0 Å². The maximum atomic E-state index is 13.3. The van der Waals surface area contributed by atoms with Crippen LogP contribution >= 0.6 is 0 Å². The Morgan fingerprint density at radius 2 is 1.25 bits per heavy atom. The molecule has 2 aliphatic rings. The van der Waals surface area contributed by atoms with Gasteiger partial charge in [0.2, 0.25) is 5.92 Å². The fraction of sp³-hybridized carbons (Fsp3) is 1.00. The van der Waals surface area contributed by atoms with E-state index in [1.54, 1.807) is 0 Å². The zero-order valence-electron chi connectivity index (χ0n) is 12.4. The zero-order chi connectivity index (χ0) is 15.0. The van der Waals surface area contributed by atoms with Crippen LogP contribution < -0.4 is 0 Å². The molecular formula is C15H26F2O2S. The van der Waals surface area contributed by atoms with Crippen LogP contribution in [-0.4, -0.2) is 24.8 Å². The van der Waals surface area contributed by atoms with Crippen LogP contribution in [0.4, 0.5) is 8.78 Å². The van der Waals surface area contributed by atoms with Gasteiger partial charge in [-0.3, -0.25) is 0 Å². The quantitative estimate of drug-likeness (QED) is 0.783. The van der Waals surface area contributed by atoms with Gasteiger partial charge in [0.05, 0.1) is 10.5 Å². The summed E-state index contributed by atoms with van der Waals surface area (Å²) in [4.78, 5) is 0. The summed E-state index contributed by atoms with van der Waals surface area (Å²) < 4.78 is 51.8. The highest BCUT2D eigenvalue weighted by Gasteiger charge is 2.42. The second kappa shape index (κ2) is 5.90. The van der Waals surface area contributed by atoms with E-state index in [1.807, 2.05) is 0 Å². The molecule has 0 N–H and O–H groups in total. The molecule has 0 amide bonds. The second-order valence-corrected chi connectivity index (χ2v) is 9.41. The minimum Gasteiger partial charge on any atom is -0.228 e. The first-order chi connectivity index (χ1) is 9.21. The van der Waals surface area contributed by atoms with Crippen LogP contribution in [0.3, 0.4) is 0 Å². The summed E-state index contributed by atoms with van der Waals surface area (Å²) >= 11 is 0. The van der Waals surface area contributed by atoms with Gasteiger partial charge in [-0.2, -0.15) is 0 Å². The fourth-order valence-electron chi connectivity index (χ4n) is 3.73. The van der Waals surface area contributed by atoms with Gasteiger partial charge in [-0.1, -0.05) is 6.92 Å². The predicted molar refractivity (Wildman–Crippen MR) is 76.7 cm³/mol. The van der Waals surface area contributed by atoms with Gasteiger partial charge >= 0.3 is 0 Å². The molecule has 0 bridgehead atoms. The lowest BCUT2D eigenvalue weighted by Crippen LogP contribution is -2.39. The molecule has 0 atom stereocenters. The minimum atomic E-state index is -3.12. The van der Waals surface area contributed by atoms with Crippen LogP contribution in [0.2, 0.25) is 0 Å². The van der Waals surface area contributed by atoms with Gasteiger partial charge in [0, 0.05) is 5.92 Å². The third kappa shape index (κ3) is 3.52. The van der Waals surface area contributed by atoms with Gasteiger partial charge in [-0.25, -0.2) is 17.2 Å². The van der Waals surface area contributed by atoms with Gasteiger partial charge in [-0.05, 0) is 64.2 Å². The van der Waals surface area contributed by atoms with Crippen LogP contribution in [0.25, 0.3) is 0 Å². The summed E-state index contributed by atoms with van der Waals surface area (Å²) in [5.74, 6) is -2.69. The predicted octanol–water partition coefficient (Wildman–Crippen LogP) is 4.19. The molecule has 0 heterocycles. The van der Waals surface area contributed by atoms with Crippen LogP contribution in [0, 0.1) is 11.8 Å². The van der Waals surface area contributed by atoms with E-state index in [9.17, 15) is 17.2 Å². The van der Waals surface area contributed by atoms with Gasteiger partial charge in [-0.15, -0.1) is 0 Å². The monoisotopic (exact) mass is 308 g/mol. The Bertz CT molecular complexity index is 412. The molecular weight excluding hydrogens is 282 g/mol. The highest BCUT2D eigenvalue weighted by Crippen LogP contribution is 2.40. The maximum absolute atomic E-state index is 13.3. The third-order valence-electron chi connectivity index (χ3n) is 5.28. The largest absolute Gasteiger partial charge is 0.248 e. The normalized spacial score (nSPS) is 36.8. The highest BCUT2D eigenvalue weighted by atomic mass is 32.2. The summed E-state index contributed by atoms with van der Waals surface area (Å²) in [7, 11) is -3.12. The summed E-state index contributed by atoms with van der Waals surface area (Å²) in [6.07, 6.45) is 5.00. The lowest BCUT2D eigenvalue weighted by Gasteiger charge is -2.35. The zero-order valence-corrected chi connectivity index (χ0v) is 13.3. The Morgan fingerprint density at radius 3 is 1.65 bits per heavy atom. The van der Waals surface area contributed by atoms with Crippen LogP contribution in [0.1, 0.15) is 65.2 Å². The minimum absolute atomic E-state index is 0.220. The molecule has 0 aromatic heterocycles. The first-order valence-electron chi connectivity index (χ1n) is 7.81. The van der Waals surface area contributed by atoms with Crippen molar-refractivity contribution in [3.05, 3.63) is 0 Å². The van der Waals surface area contributed by atoms with Crippen molar-refractivity contribution in [3.63, 3.8) is 0 Å². The standard InChI is InChI=1S/C15H26F2O2S/c1-11-3-7-13(8-4-11)20(18,19)14-9-5-12(6-10-14)15(2,16)17/h11-14H,3-10H2,1-2H3. The van der Waals surface area contributed by atoms with Crippen molar-refractivity contribution in [1.82, 2.24) is 0 Å². The van der Waals surface area contributed by atoms with Crippen LogP contribution in [0.15, 0.2) is 0 Å². The van der Waals surface area contributed by atoms with E-state index < -0.39 is 21.7 Å². The average Bonchev–Trinajstić information content (AvgIpc) is 2.38. The number of rotatable bonds is 3. The van der Waals surface area contributed by atoms with E-state index in [-0.39, 0.29) is 10.5 Å². The first kappa shape index (κ1) is 16.2. The van der Waals surface area contributed by atoms with Gasteiger partial charge < -0.3 is 0 Å². The summed E-state index contributed by atoms with van der Waals surface area (Å²) in [6, 6.07) is 0. The van der Waals surface area contributed by atoms with Crippen LogP contribution in [-0.2, 0) is 9.84 Å². The number of hydrogen-bond donors (Lipinski definition) is 0. The number of hydrogen-bond acceptors (Lipinski definition) is 2. The highest BCUT2D eigenvalue weighted by molar-refractivity contribution is 7.92. The van der Waals surface area contributed by atoms with Crippen molar-refractivity contribution < 1.29 is 17.2 Å². The molecule has 0 spiro atoms. The van der Waals surface area contributed by atoms with Crippen molar-refractivity contribution in [3.8, 4) is 0 Å². The topological polar surface area (TPSA) is 34.1 Å². The Labute approximate surface area is 121 Å². The smallest absolute Gasteiger partial charge is 0.228 e. The number of sulfone groups is 1. The summed E-state index contributed by atoms with van der Waals surface area (Å²) in [5, 5.41) is -0.595. The van der Waals surface area contributed by atoms with E-state index in [2.05, 4.69) is 6.92 Å². The van der Waals surface area contributed by atoms with E-state index in [1.165, 1.54) is 0 Å². The third-order valence-corrected chi connectivity index (χ3v) is 8.08. The molecule has 2 fully saturated rings. The summed E-state index contributed by atoms with van der Waals surface area (Å²) in [5.41, 5.74) is 0. The molecule has 0 aliphatic heterocycles. The van der Waals surface area contributed by atoms with Crippen molar-refractivity contribution in [2.24, 2.45) is 11.8 Å². The van der Waals surface area contributed by atoms with Gasteiger partial charge in [0.25, 0.3) is 0 Å².